The van der Waals surface area contributed by atoms with Gasteiger partial charge in [-0.05, 0) is 57.3 Å². The molecular weight excluding hydrogens is 472 g/mol. The van der Waals surface area contributed by atoms with Gasteiger partial charge >= 0.3 is 5.97 Å². The van der Waals surface area contributed by atoms with E-state index in [2.05, 4.69) is 4.72 Å². The lowest BCUT2D eigenvalue weighted by Crippen LogP contribution is -2.33. The summed E-state index contributed by atoms with van der Waals surface area (Å²) in [6, 6.07) is 14.7. The Morgan fingerprint density at radius 2 is 1.83 bits per heavy atom. The summed E-state index contributed by atoms with van der Waals surface area (Å²) in [6.45, 7) is 4.12. The summed E-state index contributed by atoms with van der Waals surface area (Å²) in [5.74, 6) is 0.243. The number of aromatic nitrogens is 1. The van der Waals surface area contributed by atoms with Gasteiger partial charge in [0.1, 0.15) is 6.61 Å². The Hall–Kier alpha value is -3.63. The van der Waals surface area contributed by atoms with Crippen molar-refractivity contribution in [2.75, 3.05) is 20.3 Å². The van der Waals surface area contributed by atoms with Crippen LogP contribution in [0.3, 0.4) is 0 Å². The Balaban J connectivity index is 1.42. The van der Waals surface area contributed by atoms with E-state index in [1.54, 1.807) is 6.07 Å². The van der Waals surface area contributed by atoms with Gasteiger partial charge in [0.25, 0.3) is 0 Å². The van der Waals surface area contributed by atoms with E-state index >= 15 is 0 Å². The van der Waals surface area contributed by atoms with Crippen LogP contribution in [0.2, 0.25) is 0 Å². The molecule has 1 atom stereocenters. The minimum absolute atomic E-state index is 0.0364. The fourth-order valence-corrected chi connectivity index (χ4v) is 4.70. The third-order valence-electron chi connectivity index (χ3n) is 5.81. The van der Waals surface area contributed by atoms with E-state index in [0.29, 0.717) is 30.2 Å². The van der Waals surface area contributed by atoms with Gasteiger partial charge in [0, 0.05) is 17.0 Å². The molecule has 35 heavy (non-hydrogen) atoms. The first-order valence-corrected chi connectivity index (χ1v) is 12.5. The first kappa shape index (κ1) is 24.5. The van der Waals surface area contributed by atoms with Crippen molar-refractivity contribution >= 4 is 21.8 Å². The quantitative estimate of drug-likeness (QED) is 0.375. The van der Waals surface area contributed by atoms with E-state index in [1.165, 1.54) is 31.3 Å². The molecule has 184 valence electrons. The van der Waals surface area contributed by atoms with Crippen LogP contribution in [0, 0.1) is 13.8 Å². The Bertz CT molecular complexity index is 1380. The number of benzene rings is 2. The zero-order valence-corrected chi connectivity index (χ0v) is 20.4. The van der Waals surface area contributed by atoms with Crippen molar-refractivity contribution in [3.05, 3.63) is 77.1 Å². The summed E-state index contributed by atoms with van der Waals surface area (Å²) in [6.07, 6.45) is -0.225. The number of aryl methyl sites for hydroxylation is 1. The molecule has 1 N–H and O–H groups in total. The van der Waals surface area contributed by atoms with Crippen molar-refractivity contribution in [1.82, 2.24) is 9.29 Å². The first-order valence-electron chi connectivity index (χ1n) is 11.0. The van der Waals surface area contributed by atoms with Crippen molar-refractivity contribution in [3.63, 3.8) is 0 Å². The van der Waals surface area contributed by atoms with E-state index in [1.807, 2.05) is 42.7 Å². The number of fused-ring (bicyclic) bond motifs is 1. The molecular formula is C25H26N2O7S. The zero-order valence-electron chi connectivity index (χ0n) is 19.6. The van der Waals surface area contributed by atoms with Crippen molar-refractivity contribution in [1.29, 1.82) is 0 Å². The standard InChI is InChI=1S/C25H26N2O7S/c1-16-11-21(17(2)27(16)13-19-14-32-23-9-4-5-10-24(23)34-19)22(28)15-33-25(29)18-7-6-8-20(12-18)35(30,31)26-3/h4-12,19,26H,13-15H2,1-3H3/t19-/m0/s1. The molecule has 0 saturated carbocycles. The molecule has 1 aliphatic heterocycles. The number of ether oxygens (including phenoxy) is 3. The third kappa shape index (κ3) is 5.23. The Morgan fingerprint density at radius 1 is 1.09 bits per heavy atom. The Morgan fingerprint density at radius 3 is 2.57 bits per heavy atom. The summed E-state index contributed by atoms with van der Waals surface area (Å²) in [4.78, 5) is 25.2. The number of nitrogens with one attached hydrogen (secondary N) is 1. The van der Waals surface area contributed by atoms with Gasteiger partial charge < -0.3 is 18.8 Å². The minimum Gasteiger partial charge on any atom is -0.486 e. The maximum atomic E-state index is 12.8. The van der Waals surface area contributed by atoms with E-state index in [9.17, 15) is 18.0 Å². The molecule has 1 aromatic heterocycles. The average molecular weight is 499 g/mol. The van der Waals surface area contributed by atoms with Crippen molar-refractivity contribution < 1.29 is 32.2 Å². The third-order valence-corrected chi connectivity index (χ3v) is 7.22. The highest BCUT2D eigenvalue weighted by Gasteiger charge is 2.24. The SMILES string of the molecule is CNS(=O)(=O)c1cccc(C(=O)OCC(=O)c2cc(C)n(C[C@H]3COc4ccccc4O3)c2C)c1. The van der Waals surface area contributed by atoms with Gasteiger partial charge in [-0.15, -0.1) is 0 Å². The second kappa shape index (κ2) is 9.93. The molecule has 4 rings (SSSR count). The Kier molecular flexibility index (Phi) is 6.95. The molecule has 10 heteroatoms. The molecule has 0 bridgehead atoms. The highest BCUT2D eigenvalue weighted by atomic mass is 32.2. The minimum atomic E-state index is -3.71. The molecule has 2 heterocycles. The number of sulfonamides is 1. The van der Waals surface area contributed by atoms with Gasteiger partial charge in [-0.3, -0.25) is 4.79 Å². The summed E-state index contributed by atoms with van der Waals surface area (Å²) >= 11 is 0. The molecule has 0 fully saturated rings. The lowest BCUT2D eigenvalue weighted by molar-refractivity contribution is 0.0474. The number of Topliss-reactive ketones (excluding diaryl/α,β-unsaturated/α-hetero) is 1. The molecule has 9 nitrogen and oxygen atoms in total. The Labute approximate surface area is 203 Å². The van der Waals surface area contributed by atoms with Gasteiger partial charge in [-0.2, -0.15) is 0 Å². The maximum absolute atomic E-state index is 12.8. The second-order valence-electron chi connectivity index (χ2n) is 8.13. The van der Waals surface area contributed by atoms with Gasteiger partial charge in [0.05, 0.1) is 17.0 Å². The van der Waals surface area contributed by atoms with E-state index < -0.39 is 22.6 Å². The predicted octanol–water partition coefficient (Wildman–Crippen LogP) is 2.89. The highest BCUT2D eigenvalue weighted by Crippen LogP contribution is 2.31. The van der Waals surface area contributed by atoms with E-state index in [-0.39, 0.29) is 22.3 Å². The number of carbonyl (C=O) groups is 2. The van der Waals surface area contributed by atoms with Gasteiger partial charge in [-0.25, -0.2) is 17.9 Å². The van der Waals surface area contributed by atoms with Crippen LogP contribution in [0.15, 0.2) is 59.5 Å². The van der Waals surface area contributed by atoms with Crippen molar-refractivity contribution in [3.8, 4) is 11.5 Å². The first-order chi connectivity index (χ1) is 16.7. The highest BCUT2D eigenvalue weighted by molar-refractivity contribution is 7.89. The molecule has 0 amide bonds. The average Bonchev–Trinajstić information content (AvgIpc) is 3.15. The number of hydrogen-bond donors (Lipinski definition) is 1. The summed E-state index contributed by atoms with van der Waals surface area (Å²) in [7, 11) is -2.43. The normalized spacial score (nSPS) is 15.0. The van der Waals surface area contributed by atoms with Crippen LogP contribution in [0.5, 0.6) is 11.5 Å². The molecule has 0 saturated heterocycles. The molecule has 0 radical (unpaired) electrons. The summed E-state index contributed by atoms with van der Waals surface area (Å²) < 4.78 is 45.1. The van der Waals surface area contributed by atoms with Crippen LogP contribution in [0.25, 0.3) is 0 Å². The smallest absolute Gasteiger partial charge is 0.338 e. The fraction of sp³-hybridized carbons (Fsp3) is 0.280. The van der Waals surface area contributed by atoms with E-state index in [0.717, 1.165) is 11.4 Å². The van der Waals surface area contributed by atoms with E-state index in [4.69, 9.17) is 14.2 Å². The number of ketones is 1. The topological polar surface area (TPSA) is 113 Å². The number of rotatable bonds is 8. The van der Waals surface area contributed by atoms with Crippen LogP contribution in [-0.2, 0) is 21.3 Å². The predicted molar refractivity (Wildman–Crippen MR) is 128 cm³/mol. The molecule has 2 aromatic carbocycles. The van der Waals surface area contributed by atoms with Crippen LogP contribution < -0.4 is 14.2 Å². The number of nitrogens with zero attached hydrogens (tertiary/aromatic N) is 1. The largest absolute Gasteiger partial charge is 0.486 e. The summed E-state index contributed by atoms with van der Waals surface area (Å²) in [5.41, 5.74) is 2.07. The van der Waals surface area contributed by atoms with Gasteiger partial charge in [-0.1, -0.05) is 18.2 Å². The molecule has 3 aromatic rings. The lowest BCUT2D eigenvalue weighted by Gasteiger charge is -2.27. The van der Waals surface area contributed by atoms with Crippen molar-refractivity contribution in [2.45, 2.75) is 31.4 Å². The van der Waals surface area contributed by atoms with Crippen LogP contribution >= 0.6 is 0 Å². The molecule has 1 aliphatic rings. The van der Waals surface area contributed by atoms with Crippen LogP contribution in [0.1, 0.15) is 32.1 Å². The molecule has 0 aliphatic carbocycles. The summed E-state index contributed by atoms with van der Waals surface area (Å²) in [5, 5.41) is 0. The van der Waals surface area contributed by atoms with Crippen LogP contribution in [0.4, 0.5) is 0 Å². The van der Waals surface area contributed by atoms with Gasteiger partial charge in [0.15, 0.2) is 24.2 Å². The number of hydrogen-bond acceptors (Lipinski definition) is 7. The van der Waals surface area contributed by atoms with Crippen LogP contribution in [-0.4, -0.2) is 51.1 Å². The van der Waals surface area contributed by atoms with Gasteiger partial charge in [0.2, 0.25) is 15.8 Å². The molecule has 0 spiro atoms. The molecule has 0 unspecified atom stereocenters. The number of carbonyl (C=O) groups excluding carboxylic acids is 2. The monoisotopic (exact) mass is 498 g/mol. The second-order valence-corrected chi connectivity index (χ2v) is 10.0. The maximum Gasteiger partial charge on any atom is 0.338 e. The number of para-hydroxylation sites is 2. The fourth-order valence-electron chi connectivity index (χ4n) is 3.92. The zero-order chi connectivity index (χ0) is 25.2. The van der Waals surface area contributed by atoms with Crippen molar-refractivity contribution in [2.24, 2.45) is 0 Å². The number of esters is 1. The lowest BCUT2D eigenvalue weighted by atomic mass is 10.1.